The highest BCUT2D eigenvalue weighted by Crippen LogP contribution is 2.14. The van der Waals surface area contributed by atoms with E-state index in [-0.39, 0.29) is 11.0 Å². The van der Waals surface area contributed by atoms with Gasteiger partial charge in [0.25, 0.3) is 0 Å². The third-order valence-corrected chi connectivity index (χ3v) is 3.20. The number of unbranched alkanes of at least 4 members (excludes halogenated alkanes) is 1. The average molecular weight is 285 g/mol. The Bertz CT molecular complexity index is 404. The SMILES string of the molecule is CCCCC(CC)COC(=O)c1cc(C)nc(Cl)n1. The molecule has 0 aliphatic rings. The van der Waals surface area contributed by atoms with Gasteiger partial charge in [-0.15, -0.1) is 0 Å². The predicted molar refractivity (Wildman–Crippen MR) is 75.4 cm³/mol. The van der Waals surface area contributed by atoms with E-state index >= 15 is 0 Å². The number of aryl methyl sites for hydroxylation is 1. The van der Waals surface area contributed by atoms with Crippen LogP contribution in [0.15, 0.2) is 6.07 Å². The van der Waals surface area contributed by atoms with Crippen LogP contribution in [0.1, 0.15) is 55.7 Å². The number of carbonyl (C=O) groups is 1. The lowest BCUT2D eigenvalue weighted by atomic mass is 10.0. The molecule has 1 heterocycles. The van der Waals surface area contributed by atoms with E-state index < -0.39 is 5.97 Å². The highest BCUT2D eigenvalue weighted by molar-refractivity contribution is 6.28. The Hall–Kier alpha value is -1.16. The van der Waals surface area contributed by atoms with Gasteiger partial charge < -0.3 is 4.74 Å². The van der Waals surface area contributed by atoms with Crippen molar-refractivity contribution in [3.8, 4) is 0 Å². The monoisotopic (exact) mass is 284 g/mol. The van der Waals surface area contributed by atoms with Crippen molar-refractivity contribution in [3.63, 3.8) is 0 Å². The third kappa shape index (κ3) is 5.55. The Balaban J connectivity index is 2.54. The molecule has 0 radical (unpaired) electrons. The summed E-state index contributed by atoms with van der Waals surface area (Å²) in [5, 5.41) is 0.0741. The molecule has 1 unspecified atom stereocenters. The number of aromatic nitrogens is 2. The minimum Gasteiger partial charge on any atom is -0.461 e. The van der Waals surface area contributed by atoms with Crippen LogP contribution < -0.4 is 0 Å². The van der Waals surface area contributed by atoms with Crippen LogP contribution in [0.4, 0.5) is 0 Å². The summed E-state index contributed by atoms with van der Waals surface area (Å²) in [6.45, 7) is 6.47. The molecule has 1 aromatic rings. The lowest BCUT2D eigenvalue weighted by Gasteiger charge is -2.14. The van der Waals surface area contributed by atoms with Crippen molar-refractivity contribution in [2.24, 2.45) is 5.92 Å². The van der Waals surface area contributed by atoms with Crippen LogP contribution in [0.5, 0.6) is 0 Å². The highest BCUT2D eigenvalue weighted by Gasteiger charge is 2.14. The minimum atomic E-state index is -0.428. The van der Waals surface area contributed by atoms with Crippen LogP contribution >= 0.6 is 11.6 Å². The van der Waals surface area contributed by atoms with Gasteiger partial charge in [0.2, 0.25) is 5.28 Å². The molecule has 0 spiro atoms. The third-order valence-electron chi connectivity index (χ3n) is 3.03. The van der Waals surface area contributed by atoms with Crippen molar-refractivity contribution >= 4 is 17.6 Å². The Morgan fingerprint density at radius 3 is 2.74 bits per heavy atom. The maximum atomic E-state index is 11.9. The standard InChI is InChI=1S/C14H21ClN2O2/c1-4-6-7-11(5-2)9-19-13(18)12-8-10(3)16-14(15)17-12/h8,11H,4-7,9H2,1-3H3. The van der Waals surface area contributed by atoms with Gasteiger partial charge in [0.05, 0.1) is 6.61 Å². The Morgan fingerprint density at radius 1 is 1.42 bits per heavy atom. The molecule has 1 aromatic heterocycles. The summed E-state index contributed by atoms with van der Waals surface area (Å²) in [4.78, 5) is 19.7. The first-order valence-corrected chi connectivity index (χ1v) is 7.12. The summed E-state index contributed by atoms with van der Waals surface area (Å²) in [6.07, 6.45) is 4.42. The molecule has 0 aliphatic carbocycles. The second-order valence-electron chi connectivity index (χ2n) is 4.68. The van der Waals surface area contributed by atoms with E-state index in [0.29, 0.717) is 18.2 Å². The molecule has 0 saturated heterocycles. The molecule has 106 valence electrons. The second kappa shape index (κ2) is 8.10. The molecule has 1 rings (SSSR count). The summed E-state index contributed by atoms with van der Waals surface area (Å²) in [5.74, 6) is -0.00958. The average Bonchev–Trinajstić information content (AvgIpc) is 2.37. The van der Waals surface area contributed by atoms with E-state index in [9.17, 15) is 4.79 Å². The second-order valence-corrected chi connectivity index (χ2v) is 5.02. The van der Waals surface area contributed by atoms with Gasteiger partial charge in [-0.3, -0.25) is 0 Å². The summed E-state index contributed by atoms with van der Waals surface area (Å²) >= 11 is 5.72. The smallest absolute Gasteiger partial charge is 0.357 e. The van der Waals surface area contributed by atoms with Gasteiger partial charge in [-0.25, -0.2) is 14.8 Å². The number of rotatable bonds is 7. The number of esters is 1. The topological polar surface area (TPSA) is 52.1 Å². The van der Waals surface area contributed by atoms with Crippen molar-refractivity contribution in [3.05, 3.63) is 22.7 Å². The molecular weight excluding hydrogens is 264 g/mol. The van der Waals surface area contributed by atoms with Gasteiger partial charge in [0, 0.05) is 5.69 Å². The minimum absolute atomic E-state index is 0.0741. The molecule has 0 aliphatic heterocycles. The molecule has 0 aromatic carbocycles. The Morgan fingerprint density at radius 2 is 2.16 bits per heavy atom. The fraction of sp³-hybridized carbons (Fsp3) is 0.643. The van der Waals surface area contributed by atoms with E-state index in [0.717, 1.165) is 25.7 Å². The fourth-order valence-corrected chi connectivity index (χ4v) is 2.03. The first kappa shape index (κ1) is 15.9. The van der Waals surface area contributed by atoms with E-state index in [2.05, 4.69) is 23.8 Å². The van der Waals surface area contributed by atoms with E-state index in [4.69, 9.17) is 16.3 Å². The number of hydrogen-bond donors (Lipinski definition) is 0. The van der Waals surface area contributed by atoms with Gasteiger partial charge in [0.15, 0.2) is 5.69 Å². The van der Waals surface area contributed by atoms with Crippen LogP contribution in [-0.4, -0.2) is 22.5 Å². The summed E-state index contributed by atoms with van der Waals surface area (Å²) in [6, 6.07) is 1.58. The predicted octanol–water partition coefficient (Wildman–Crippen LogP) is 3.81. The lowest BCUT2D eigenvalue weighted by Crippen LogP contribution is -2.15. The maximum Gasteiger partial charge on any atom is 0.357 e. The molecule has 0 amide bonds. The summed E-state index contributed by atoms with van der Waals surface area (Å²) in [7, 11) is 0. The van der Waals surface area contributed by atoms with Crippen LogP contribution in [0, 0.1) is 12.8 Å². The molecule has 0 saturated carbocycles. The van der Waals surface area contributed by atoms with Crippen molar-refractivity contribution in [1.29, 1.82) is 0 Å². The number of hydrogen-bond acceptors (Lipinski definition) is 4. The molecule has 5 heteroatoms. The number of halogens is 1. The molecule has 0 fully saturated rings. The van der Waals surface area contributed by atoms with Crippen molar-refractivity contribution in [1.82, 2.24) is 9.97 Å². The zero-order valence-corrected chi connectivity index (χ0v) is 12.5. The van der Waals surface area contributed by atoms with Gasteiger partial charge in [-0.05, 0) is 36.9 Å². The van der Waals surface area contributed by atoms with Gasteiger partial charge in [-0.1, -0.05) is 33.1 Å². The zero-order chi connectivity index (χ0) is 14.3. The van der Waals surface area contributed by atoms with Gasteiger partial charge in [0.1, 0.15) is 0 Å². The first-order valence-electron chi connectivity index (χ1n) is 6.75. The molecule has 0 bridgehead atoms. The highest BCUT2D eigenvalue weighted by atomic mass is 35.5. The number of carbonyl (C=O) groups excluding carboxylic acids is 1. The zero-order valence-electron chi connectivity index (χ0n) is 11.8. The maximum absolute atomic E-state index is 11.9. The largest absolute Gasteiger partial charge is 0.461 e. The van der Waals surface area contributed by atoms with Crippen LogP contribution in [-0.2, 0) is 4.74 Å². The Labute approximate surface area is 119 Å². The summed E-state index contributed by atoms with van der Waals surface area (Å²) < 4.78 is 5.30. The summed E-state index contributed by atoms with van der Waals surface area (Å²) in [5.41, 5.74) is 0.882. The van der Waals surface area contributed by atoms with Crippen LogP contribution in [0.25, 0.3) is 0 Å². The van der Waals surface area contributed by atoms with E-state index in [1.54, 1.807) is 13.0 Å². The molecular formula is C14H21ClN2O2. The number of nitrogens with zero attached hydrogens (tertiary/aromatic N) is 2. The van der Waals surface area contributed by atoms with Crippen LogP contribution in [0.3, 0.4) is 0 Å². The van der Waals surface area contributed by atoms with Crippen molar-refractivity contribution in [2.75, 3.05) is 6.61 Å². The molecule has 0 N–H and O–H groups in total. The Kier molecular flexibility index (Phi) is 6.78. The number of ether oxygens (including phenoxy) is 1. The van der Waals surface area contributed by atoms with Crippen LogP contribution in [0.2, 0.25) is 5.28 Å². The fourth-order valence-electron chi connectivity index (χ4n) is 1.80. The quantitative estimate of drug-likeness (QED) is 0.564. The van der Waals surface area contributed by atoms with Gasteiger partial charge in [-0.2, -0.15) is 0 Å². The molecule has 4 nitrogen and oxygen atoms in total. The normalized spacial score (nSPS) is 12.2. The molecule has 1 atom stereocenters. The molecule has 19 heavy (non-hydrogen) atoms. The van der Waals surface area contributed by atoms with Gasteiger partial charge >= 0.3 is 5.97 Å². The van der Waals surface area contributed by atoms with E-state index in [1.165, 1.54) is 0 Å². The van der Waals surface area contributed by atoms with E-state index in [1.807, 2.05) is 0 Å². The first-order chi connectivity index (χ1) is 9.06. The van der Waals surface area contributed by atoms with Crippen molar-refractivity contribution in [2.45, 2.75) is 46.5 Å². The van der Waals surface area contributed by atoms with Crippen molar-refractivity contribution < 1.29 is 9.53 Å². The lowest BCUT2D eigenvalue weighted by molar-refractivity contribution is 0.0421.